The van der Waals surface area contributed by atoms with Gasteiger partial charge in [-0.1, -0.05) is 36.0 Å². The summed E-state index contributed by atoms with van der Waals surface area (Å²) >= 11 is 3.20. The molecular formula is C20H22N2O4S3. The van der Waals surface area contributed by atoms with Gasteiger partial charge in [-0.15, -0.1) is 11.3 Å². The lowest BCUT2D eigenvalue weighted by Crippen LogP contribution is -2.17. The van der Waals surface area contributed by atoms with Crippen molar-refractivity contribution >= 4 is 55.0 Å². The van der Waals surface area contributed by atoms with Gasteiger partial charge in [-0.2, -0.15) is 0 Å². The van der Waals surface area contributed by atoms with E-state index in [0.29, 0.717) is 24.5 Å². The molecule has 0 bridgehead atoms. The van der Waals surface area contributed by atoms with Gasteiger partial charge in [0.15, 0.2) is 4.34 Å². The Bertz CT molecular complexity index is 1030. The molecule has 0 amide bonds. The van der Waals surface area contributed by atoms with E-state index in [0.717, 1.165) is 20.1 Å². The van der Waals surface area contributed by atoms with Gasteiger partial charge >= 0.3 is 5.97 Å². The molecule has 0 aliphatic carbocycles. The fourth-order valence-corrected chi connectivity index (χ4v) is 6.00. The van der Waals surface area contributed by atoms with E-state index in [1.807, 2.05) is 24.3 Å². The molecular weight excluding hydrogens is 428 g/mol. The summed E-state index contributed by atoms with van der Waals surface area (Å²) in [5.41, 5.74) is 2.23. The number of sulfonamides is 1. The van der Waals surface area contributed by atoms with Gasteiger partial charge in [0, 0.05) is 11.4 Å². The third-order valence-electron chi connectivity index (χ3n) is 3.94. The Kier molecular flexibility index (Phi) is 7.51. The van der Waals surface area contributed by atoms with Gasteiger partial charge in [-0.25, -0.2) is 13.4 Å². The number of benzene rings is 2. The first-order valence-corrected chi connectivity index (χ1v) is 12.6. The monoisotopic (exact) mass is 450 g/mol. The summed E-state index contributed by atoms with van der Waals surface area (Å²) in [6, 6.07) is 14.7. The number of nitrogens with zero attached hydrogens (tertiary/aromatic N) is 1. The number of hydrogen-bond donors (Lipinski definition) is 1. The van der Waals surface area contributed by atoms with E-state index in [4.69, 9.17) is 4.74 Å². The minimum atomic E-state index is -3.43. The van der Waals surface area contributed by atoms with Crippen LogP contribution in [0, 0.1) is 0 Å². The topological polar surface area (TPSA) is 85.4 Å². The van der Waals surface area contributed by atoms with Gasteiger partial charge in [-0.3, -0.25) is 9.52 Å². The van der Waals surface area contributed by atoms with Crippen LogP contribution in [0.1, 0.15) is 18.9 Å². The molecule has 6 nitrogen and oxygen atoms in total. The molecule has 0 unspecified atom stereocenters. The second-order valence-corrected chi connectivity index (χ2v) is 10.5. The van der Waals surface area contributed by atoms with Crippen molar-refractivity contribution in [3.05, 3.63) is 54.1 Å². The Morgan fingerprint density at radius 2 is 1.93 bits per heavy atom. The predicted octanol–water partition coefficient (Wildman–Crippen LogP) is 4.33. The highest BCUT2D eigenvalue weighted by Crippen LogP contribution is 2.29. The van der Waals surface area contributed by atoms with Crippen LogP contribution < -0.4 is 4.72 Å². The van der Waals surface area contributed by atoms with Crippen molar-refractivity contribution in [2.45, 2.75) is 24.1 Å². The summed E-state index contributed by atoms with van der Waals surface area (Å²) in [6.07, 6.45) is 0.695. The van der Waals surface area contributed by atoms with Crippen LogP contribution in [-0.4, -0.2) is 37.5 Å². The van der Waals surface area contributed by atoms with Gasteiger partial charge in [0.1, 0.15) is 0 Å². The zero-order valence-electron chi connectivity index (χ0n) is 16.0. The van der Waals surface area contributed by atoms with E-state index in [9.17, 15) is 13.2 Å². The Labute approximate surface area is 178 Å². The predicted molar refractivity (Wildman–Crippen MR) is 119 cm³/mol. The number of para-hydroxylation sites is 1. The number of anilines is 1. The molecule has 0 atom stereocenters. The maximum Gasteiger partial charge on any atom is 0.310 e. The molecule has 1 N–H and O–H groups in total. The lowest BCUT2D eigenvalue weighted by molar-refractivity contribution is -0.142. The molecule has 1 aromatic heterocycles. The van der Waals surface area contributed by atoms with Crippen LogP contribution in [0.3, 0.4) is 0 Å². The van der Waals surface area contributed by atoms with Crippen molar-refractivity contribution in [1.82, 2.24) is 4.98 Å². The molecule has 1 heterocycles. The first kappa shape index (κ1) is 21.6. The first-order chi connectivity index (χ1) is 13.9. The minimum Gasteiger partial charge on any atom is -0.466 e. The van der Waals surface area contributed by atoms with E-state index >= 15 is 0 Å². The van der Waals surface area contributed by atoms with E-state index in [1.165, 1.54) is 0 Å². The fourth-order valence-electron chi connectivity index (χ4n) is 2.62. The van der Waals surface area contributed by atoms with E-state index < -0.39 is 10.0 Å². The number of carbonyl (C=O) groups excluding carboxylic acids is 1. The van der Waals surface area contributed by atoms with Crippen LogP contribution >= 0.6 is 23.1 Å². The molecule has 0 radical (unpaired) electrons. The molecule has 2 aromatic carbocycles. The third-order valence-corrected chi connectivity index (χ3v) is 7.58. The Hall–Kier alpha value is -2.10. The maximum absolute atomic E-state index is 12.3. The van der Waals surface area contributed by atoms with Gasteiger partial charge in [0.05, 0.1) is 29.0 Å². The lowest BCUT2D eigenvalue weighted by Gasteiger charge is -2.08. The van der Waals surface area contributed by atoms with E-state index in [2.05, 4.69) is 9.71 Å². The van der Waals surface area contributed by atoms with Gasteiger partial charge < -0.3 is 4.74 Å². The highest BCUT2D eigenvalue weighted by molar-refractivity contribution is 8.01. The molecule has 0 fully saturated rings. The number of hydrogen-bond acceptors (Lipinski definition) is 7. The normalized spacial score (nSPS) is 11.5. The lowest BCUT2D eigenvalue weighted by atomic mass is 10.1. The number of esters is 1. The van der Waals surface area contributed by atoms with Crippen LogP contribution in [0.2, 0.25) is 0 Å². The average molecular weight is 451 g/mol. The largest absolute Gasteiger partial charge is 0.466 e. The van der Waals surface area contributed by atoms with Crippen molar-refractivity contribution in [3.63, 3.8) is 0 Å². The van der Waals surface area contributed by atoms with Crippen LogP contribution in [0.15, 0.2) is 52.9 Å². The molecule has 9 heteroatoms. The second-order valence-electron chi connectivity index (χ2n) is 6.25. The van der Waals surface area contributed by atoms with Gasteiger partial charge in [0.25, 0.3) is 0 Å². The number of nitrogens with one attached hydrogen (secondary N) is 1. The average Bonchev–Trinajstić information content (AvgIpc) is 3.10. The molecule has 154 valence electrons. The Morgan fingerprint density at radius 1 is 1.17 bits per heavy atom. The smallest absolute Gasteiger partial charge is 0.310 e. The van der Waals surface area contributed by atoms with Gasteiger partial charge in [0.2, 0.25) is 10.0 Å². The molecule has 3 aromatic rings. The number of ether oxygens (including phenoxy) is 1. The number of aromatic nitrogens is 1. The number of thioether (sulfide) groups is 1. The molecule has 0 aliphatic rings. The molecule has 29 heavy (non-hydrogen) atoms. The molecule has 3 rings (SSSR count). The Morgan fingerprint density at radius 3 is 2.66 bits per heavy atom. The van der Waals surface area contributed by atoms with Crippen LogP contribution in [-0.2, 0) is 26.0 Å². The van der Waals surface area contributed by atoms with Gasteiger partial charge in [-0.05, 0) is 43.2 Å². The summed E-state index contributed by atoms with van der Waals surface area (Å²) in [5.74, 6) is 0.417. The molecule has 0 saturated heterocycles. The number of thiazole rings is 1. The number of fused-ring (bicyclic) bond motifs is 1. The summed E-state index contributed by atoms with van der Waals surface area (Å²) < 4.78 is 34.2. The zero-order valence-corrected chi connectivity index (χ0v) is 18.4. The third kappa shape index (κ3) is 6.73. The number of rotatable bonds is 10. The quantitative estimate of drug-likeness (QED) is 0.281. The highest BCUT2D eigenvalue weighted by atomic mass is 32.2. The second kappa shape index (κ2) is 10.1. The minimum absolute atomic E-state index is 0.0372. The molecule has 0 spiro atoms. The van der Waals surface area contributed by atoms with Crippen LogP contribution in [0.25, 0.3) is 10.2 Å². The Balaban J connectivity index is 1.45. The van der Waals surface area contributed by atoms with Crippen molar-refractivity contribution in [2.24, 2.45) is 0 Å². The zero-order chi connectivity index (χ0) is 20.7. The number of carbonyl (C=O) groups is 1. The molecule has 0 saturated carbocycles. The summed E-state index contributed by atoms with van der Waals surface area (Å²) in [6.45, 7) is 2.10. The summed E-state index contributed by atoms with van der Waals surface area (Å²) in [5, 5.41) is 0. The van der Waals surface area contributed by atoms with Crippen molar-refractivity contribution in [1.29, 1.82) is 0 Å². The van der Waals surface area contributed by atoms with Crippen molar-refractivity contribution in [2.75, 3.05) is 22.8 Å². The summed E-state index contributed by atoms with van der Waals surface area (Å²) in [7, 11) is -3.43. The van der Waals surface area contributed by atoms with E-state index in [1.54, 1.807) is 54.3 Å². The molecule has 0 aliphatic heterocycles. The van der Waals surface area contributed by atoms with Crippen LogP contribution in [0.5, 0.6) is 0 Å². The summed E-state index contributed by atoms with van der Waals surface area (Å²) in [4.78, 5) is 16.0. The van der Waals surface area contributed by atoms with Crippen molar-refractivity contribution in [3.8, 4) is 0 Å². The van der Waals surface area contributed by atoms with E-state index in [-0.39, 0.29) is 18.1 Å². The SMILES string of the molecule is CCOC(=O)Cc1ccc(NS(=O)(=O)CCCSc2nc3ccccc3s2)cc1. The first-order valence-electron chi connectivity index (χ1n) is 9.18. The van der Waals surface area contributed by atoms with Crippen molar-refractivity contribution < 1.29 is 17.9 Å². The fraction of sp³-hybridized carbons (Fsp3) is 0.300. The standard InChI is InChI=1S/C20H22N2O4S3/c1-2-26-19(23)14-15-8-10-16(11-9-15)22-29(24,25)13-5-12-27-20-21-17-6-3-4-7-18(17)28-20/h3-4,6-11,22H,2,5,12-14H2,1H3. The maximum atomic E-state index is 12.3. The highest BCUT2D eigenvalue weighted by Gasteiger charge is 2.12. The van der Waals surface area contributed by atoms with Crippen LogP contribution in [0.4, 0.5) is 5.69 Å².